The van der Waals surface area contributed by atoms with Gasteiger partial charge in [-0.3, -0.25) is 0 Å². The van der Waals surface area contributed by atoms with Crippen molar-refractivity contribution in [1.29, 1.82) is 0 Å². The summed E-state index contributed by atoms with van der Waals surface area (Å²) >= 11 is 0. The van der Waals surface area contributed by atoms with E-state index in [2.05, 4.69) is 43.3 Å². The van der Waals surface area contributed by atoms with Crippen molar-refractivity contribution in [2.24, 2.45) is 0 Å². The van der Waals surface area contributed by atoms with E-state index in [4.69, 9.17) is 15.2 Å². The topological polar surface area (TPSA) is 111 Å². The molecule has 4 aromatic rings. The van der Waals surface area contributed by atoms with E-state index in [0.717, 1.165) is 30.2 Å². The number of nitrogens with one attached hydrogen (secondary N) is 1. The molecule has 10 heteroatoms. The molecule has 2 aromatic carbocycles. The van der Waals surface area contributed by atoms with E-state index in [1.54, 1.807) is 25.3 Å². The van der Waals surface area contributed by atoms with Crippen LogP contribution < -0.4 is 20.7 Å². The second-order valence-electron chi connectivity index (χ2n) is 10.3. The molecule has 6 rings (SSSR count). The number of piperidine rings is 1. The van der Waals surface area contributed by atoms with Gasteiger partial charge in [-0.25, -0.2) is 9.78 Å². The zero-order chi connectivity index (χ0) is 27.6. The summed E-state index contributed by atoms with van der Waals surface area (Å²) in [6.45, 7) is 4.57. The number of nitrogens with zero attached hydrogens (tertiary/aromatic N) is 5. The van der Waals surface area contributed by atoms with E-state index < -0.39 is 5.97 Å². The Labute approximate surface area is 233 Å². The lowest BCUT2D eigenvalue weighted by Gasteiger charge is -2.38. The molecule has 4 heterocycles. The molecule has 208 valence electrons. The van der Waals surface area contributed by atoms with Crippen LogP contribution >= 0.6 is 0 Å². The van der Waals surface area contributed by atoms with Crippen molar-refractivity contribution in [1.82, 2.24) is 19.4 Å². The van der Waals surface area contributed by atoms with Gasteiger partial charge in [0.05, 0.1) is 36.7 Å². The Balaban J connectivity index is 1.32. The van der Waals surface area contributed by atoms with Crippen LogP contribution in [0.25, 0.3) is 16.7 Å². The number of carbonyl (C=O) groups is 1. The average molecular weight is 542 g/mol. The van der Waals surface area contributed by atoms with Gasteiger partial charge in [-0.05, 0) is 69.1 Å². The molecular formula is C30H35N7O3. The quantitative estimate of drug-likeness (QED) is 0.324. The number of anilines is 4. The Bertz CT molecular complexity index is 1520. The maximum Gasteiger partial charge on any atom is 0.339 e. The Morgan fingerprint density at radius 1 is 1.00 bits per heavy atom. The molecule has 0 spiro atoms. The first-order chi connectivity index (χ1) is 19.6. The number of ether oxygens (including phenoxy) is 2. The zero-order valence-corrected chi connectivity index (χ0v) is 23.0. The van der Waals surface area contributed by atoms with Crippen molar-refractivity contribution >= 4 is 40.1 Å². The molecular weight excluding hydrogens is 506 g/mol. The van der Waals surface area contributed by atoms with Gasteiger partial charge in [0.1, 0.15) is 11.3 Å². The number of nitrogen functional groups attached to an aromatic ring is 1. The second-order valence-corrected chi connectivity index (χ2v) is 10.3. The van der Waals surface area contributed by atoms with Gasteiger partial charge in [-0.2, -0.15) is 4.98 Å². The number of nitrogens with two attached hydrogens (primary N) is 1. The minimum Gasteiger partial charge on any atom is -0.494 e. The Kier molecular flexibility index (Phi) is 7.17. The molecule has 2 saturated heterocycles. The summed E-state index contributed by atoms with van der Waals surface area (Å²) < 4.78 is 12.8. The summed E-state index contributed by atoms with van der Waals surface area (Å²) in [7, 11) is 3.05. The lowest BCUT2D eigenvalue weighted by Crippen LogP contribution is -2.43. The van der Waals surface area contributed by atoms with Crippen LogP contribution in [0.15, 0.2) is 54.7 Å². The summed E-state index contributed by atoms with van der Waals surface area (Å²) in [5.41, 5.74) is 10.4. The van der Waals surface area contributed by atoms with Crippen molar-refractivity contribution in [3.8, 4) is 11.4 Å². The number of para-hydroxylation sites is 1. The molecule has 3 N–H and O–H groups in total. The number of esters is 1. The van der Waals surface area contributed by atoms with E-state index in [0.29, 0.717) is 34.1 Å². The fraction of sp³-hybridized carbons (Fsp3) is 0.367. The fourth-order valence-electron chi connectivity index (χ4n) is 6.02. The van der Waals surface area contributed by atoms with Gasteiger partial charge in [-0.15, -0.1) is 0 Å². The number of hydrogen-bond acceptors (Lipinski definition) is 9. The van der Waals surface area contributed by atoms with Gasteiger partial charge in [0.2, 0.25) is 5.95 Å². The van der Waals surface area contributed by atoms with Gasteiger partial charge in [-0.1, -0.05) is 12.1 Å². The van der Waals surface area contributed by atoms with Crippen LogP contribution in [0.5, 0.6) is 5.75 Å². The fourth-order valence-corrected chi connectivity index (χ4v) is 6.02. The molecule has 2 aromatic heterocycles. The van der Waals surface area contributed by atoms with E-state index >= 15 is 0 Å². The van der Waals surface area contributed by atoms with Crippen molar-refractivity contribution in [2.75, 3.05) is 56.3 Å². The first-order valence-electron chi connectivity index (χ1n) is 13.8. The maximum atomic E-state index is 12.4. The van der Waals surface area contributed by atoms with Crippen molar-refractivity contribution < 1.29 is 14.3 Å². The smallest absolute Gasteiger partial charge is 0.339 e. The van der Waals surface area contributed by atoms with Crippen LogP contribution in [0.2, 0.25) is 0 Å². The first kappa shape index (κ1) is 25.9. The number of likely N-dealkylation sites (tertiary alicyclic amines) is 1. The number of methoxy groups -OCH3 is 2. The highest BCUT2D eigenvalue weighted by Gasteiger charge is 2.27. The molecule has 0 saturated carbocycles. The highest BCUT2D eigenvalue weighted by atomic mass is 16.5. The normalized spacial score (nSPS) is 16.4. The number of benzene rings is 2. The molecule has 0 aliphatic carbocycles. The van der Waals surface area contributed by atoms with E-state index in [1.807, 2.05) is 22.9 Å². The van der Waals surface area contributed by atoms with Crippen LogP contribution in [-0.4, -0.2) is 71.8 Å². The van der Waals surface area contributed by atoms with Gasteiger partial charge < -0.3 is 34.9 Å². The number of rotatable bonds is 7. The standard InChI is InChI=1S/C30H35N7O3/c1-39-26-19-21(36-16-11-20(12-17-36)35-14-5-6-15-35)9-10-25(26)37-18-13-24-27(37)28(34-30(31)33-24)32-23-8-4-3-7-22(23)29(38)40-2/h3-4,7-10,13,18-20H,5-6,11-12,14-17H2,1-2H3,(H3,31,32,33,34). The largest absolute Gasteiger partial charge is 0.494 e. The van der Waals surface area contributed by atoms with E-state index in [9.17, 15) is 4.79 Å². The summed E-state index contributed by atoms with van der Waals surface area (Å²) in [5.74, 6) is 0.898. The van der Waals surface area contributed by atoms with E-state index in [-0.39, 0.29) is 5.95 Å². The molecule has 10 nitrogen and oxygen atoms in total. The molecule has 0 amide bonds. The highest BCUT2D eigenvalue weighted by Crippen LogP contribution is 2.35. The first-order valence-corrected chi connectivity index (χ1v) is 13.8. The average Bonchev–Trinajstić information content (AvgIpc) is 3.68. The van der Waals surface area contributed by atoms with E-state index in [1.165, 1.54) is 45.9 Å². The molecule has 0 bridgehead atoms. The van der Waals surface area contributed by atoms with Gasteiger partial charge in [0.15, 0.2) is 5.82 Å². The number of carbonyl (C=O) groups excluding carboxylic acids is 1. The van der Waals surface area contributed by atoms with Crippen LogP contribution in [0.1, 0.15) is 36.0 Å². The van der Waals surface area contributed by atoms with Crippen molar-refractivity contribution in [3.05, 3.63) is 60.3 Å². The Hall–Kier alpha value is -4.31. The lowest BCUT2D eigenvalue weighted by molar-refractivity contribution is 0.0602. The third-order valence-corrected chi connectivity index (χ3v) is 8.05. The molecule has 40 heavy (non-hydrogen) atoms. The van der Waals surface area contributed by atoms with Gasteiger partial charge in [0, 0.05) is 37.1 Å². The maximum absolute atomic E-state index is 12.4. The summed E-state index contributed by atoms with van der Waals surface area (Å²) in [5, 5.41) is 3.29. The van der Waals surface area contributed by atoms with Crippen molar-refractivity contribution in [2.45, 2.75) is 31.7 Å². The van der Waals surface area contributed by atoms with Gasteiger partial charge >= 0.3 is 5.97 Å². The molecule has 0 radical (unpaired) electrons. The molecule has 2 fully saturated rings. The third kappa shape index (κ3) is 4.90. The minimum atomic E-state index is -0.446. The number of fused-ring (bicyclic) bond motifs is 1. The minimum absolute atomic E-state index is 0.128. The summed E-state index contributed by atoms with van der Waals surface area (Å²) in [6.07, 6.45) is 6.97. The van der Waals surface area contributed by atoms with Gasteiger partial charge in [0.25, 0.3) is 0 Å². The van der Waals surface area contributed by atoms with Crippen molar-refractivity contribution in [3.63, 3.8) is 0 Å². The second kappa shape index (κ2) is 11.1. The predicted molar refractivity (Wildman–Crippen MR) is 157 cm³/mol. The predicted octanol–water partition coefficient (Wildman–Crippen LogP) is 4.61. The summed E-state index contributed by atoms with van der Waals surface area (Å²) in [4.78, 5) is 26.4. The van der Waals surface area contributed by atoms with Crippen LogP contribution in [0.3, 0.4) is 0 Å². The summed E-state index contributed by atoms with van der Waals surface area (Å²) in [6, 6.07) is 16.0. The zero-order valence-electron chi connectivity index (χ0n) is 23.0. The number of hydrogen-bond donors (Lipinski definition) is 2. The third-order valence-electron chi connectivity index (χ3n) is 8.05. The number of aromatic nitrogens is 3. The Morgan fingerprint density at radius 3 is 2.52 bits per heavy atom. The van der Waals surface area contributed by atoms with Crippen LogP contribution in [0, 0.1) is 0 Å². The van der Waals surface area contributed by atoms with Crippen LogP contribution in [0.4, 0.5) is 23.1 Å². The molecule has 0 unspecified atom stereocenters. The lowest BCUT2D eigenvalue weighted by atomic mass is 10.0. The monoisotopic (exact) mass is 541 g/mol. The SMILES string of the molecule is COC(=O)c1ccccc1Nc1nc(N)nc2ccn(-c3ccc(N4CCC(N5CCCC5)CC4)cc3OC)c12. The molecule has 2 aliphatic rings. The molecule has 2 aliphatic heterocycles. The Morgan fingerprint density at radius 2 is 1.77 bits per heavy atom. The van der Waals surface area contributed by atoms with Crippen LogP contribution in [-0.2, 0) is 4.74 Å². The highest BCUT2D eigenvalue weighted by molar-refractivity contribution is 5.98. The molecule has 0 atom stereocenters.